The molecule has 0 spiro atoms. The number of hydrogen-bond donors (Lipinski definition) is 0. The molecule has 0 aliphatic heterocycles. The van der Waals surface area contributed by atoms with E-state index in [0.717, 1.165) is 18.4 Å². The van der Waals surface area contributed by atoms with E-state index in [1.807, 2.05) is 38.1 Å². The van der Waals surface area contributed by atoms with Gasteiger partial charge in [0, 0.05) is 12.8 Å². The first kappa shape index (κ1) is 18.9. The van der Waals surface area contributed by atoms with Gasteiger partial charge in [0.25, 0.3) is 0 Å². The highest BCUT2D eigenvalue weighted by Gasteiger charge is 2.07. The van der Waals surface area contributed by atoms with Crippen molar-refractivity contribution in [2.75, 3.05) is 13.2 Å². The summed E-state index contributed by atoms with van der Waals surface area (Å²) in [6.45, 7) is 4.60. The third-order valence-electron chi connectivity index (χ3n) is 3.21. The standard InChI is InChI=1S/C19H26O4/c1-16(2)13-15-23-19(21)12-6-11-18(20)22-14-7-10-17-8-4-3-5-9-17/h3-5,8-9,13H,6-7,10-12,14-15H2,1-2H3. The molecule has 0 aromatic heterocycles. The molecule has 126 valence electrons. The Bertz CT molecular complexity index is 501. The van der Waals surface area contributed by atoms with Crippen LogP contribution in [0.2, 0.25) is 0 Å². The number of hydrogen-bond acceptors (Lipinski definition) is 4. The second kappa shape index (κ2) is 11.5. The minimum absolute atomic E-state index is 0.246. The fourth-order valence-corrected chi connectivity index (χ4v) is 1.93. The Kier molecular flexibility index (Phi) is 9.45. The molecule has 0 heterocycles. The maximum atomic E-state index is 11.6. The van der Waals surface area contributed by atoms with E-state index < -0.39 is 0 Å². The van der Waals surface area contributed by atoms with Crippen molar-refractivity contribution in [1.29, 1.82) is 0 Å². The molecule has 0 fully saturated rings. The first-order valence-electron chi connectivity index (χ1n) is 8.06. The van der Waals surface area contributed by atoms with Gasteiger partial charge < -0.3 is 9.47 Å². The second-order valence-electron chi connectivity index (χ2n) is 5.63. The highest BCUT2D eigenvalue weighted by Crippen LogP contribution is 2.04. The zero-order valence-corrected chi connectivity index (χ0v) is 14.0. The lowest BCUT2D eigenvalue weighted by atomic mass is 10.1. The molecule has 0 atom stereocenters. The summed E-state index contributed by atoms with van der Waals surface area (Å²) in [6.07, 6.45) is 4.51. The fourth-order valence-electron chi connectivity index (χ4n) is 1.93. The lowest BCUT2D eigenvalue weighted by Gasteiger charge is -2.05. The maximum absolute atomic E-state index is 11.6. The van der Waals surface area contributed by atoms with Crippen LogP contribution >= 0.6 is 0 Å². The van der Waals surface area contributed by atoms with Crippen molar-refractivity contribution in [3.05, 3.63) is 47.5 Å². The third kappa shape index (κ3) is 10.3. The van der Waals surface area contributed by atoms with Gasteiger partial charge in [-0.05, 0) is 44.7 Å². The van der Waals surface area contributed by atoms with Crippen LogP contribution in [0.5, 0.6) is 0 Å². The minimum atomic E-state index is -0.278. The van der Waals surface area contributed by atoms with Crippen LogP contribution in [0.1, 0.15) is 45.1 Å². The average molecular weight is 318 g/mol. The summed E-state index contributed by atoms with van der Waals surface area (Å²) in [5, 5.41) is 0. The molecule has 0 aliphatic carbocycles. The van der Waals surface area contributed by atoms with E-state index in [-0.39, 0.29) is 24.8 Å². The van der Waals surface area contributed by atoms with E-state index in [1.165, 1.54) is 5.56 Å². The molecule has 1 rings (SSSR count). The number of rotatable bonds is 10. The minimum Gasteiger partial charge on any atom is -0.466 e. The van der Waals surface area contributed by atoms with E-state index >= 15 is 0 Å². The molecule has 0 radical (unpaired) electrons. The van der Waals surface area contributed by atoms with Gasteiger partial charge in [0.1, 0.15) is 6.61 Å². The Morgan fingerprint density at radius 3 is 2.26 bits per heavy atom. The summed E-state index contributed by atoms with van der Waals surface area (Å²) < 4.78 is 10.2. The van der Waals surface area contributed by atoms with Crippen LogP contribution in [0, 0.1) is 0 Å². The van der Waals surface area contributed by atoms with Crippen molar-refractivity contribution in [1.82, 2.24) is 0 Å². The normalized spacial score (nSPS) is 10.0. The molecule has 4 nitrogen and oxygen atoms in total. The van der Waals surface area contributed by atoms with Crippen molar-refractivity contribution < 1.29 is 19.1 Å². The molecule has 0 bridgehead atoms. The highest BCUT2D eigenvalue weighted by atomic mass is 16.5. The van der Waals surface area contributed by atoms with Gasteiger partial charge in [-0.2, -0.15) is 0 Å². The van der Waals surface area contributed by atoms with E-state index in [2.05, 4.69) is 12.1 Å². The molecular formula is C19H26O4. The summed E-state index contributed by atoms with van der Waals surface area (Å²) >= 11 is 0. The predicted molar refractivity (Wildman–Crippen MR) is 90.0 cm³/mol. The Labute approximate surface area is 138 Å². The number of carbonyl (C=O) groups is 2. The largest absolute Gasteiger partial charge is 0.466 e. The fraction of sp³-hybridized carbons (Fsp3) is 0.474. The van der Waals surface area contributed by atoms with Gasteiger partial charge in [-0.15, -0.1) is 0 Å². The number of benzene rings is 1. The molecule has 0 N–H and O–H groups in total. The predicted octanol–water partition coefficient (Wildman–Crippen LogP) is 3.84. The Hall–Kier alpha value is -2.10. The smallest absolute Gasteiger partial charge is 0.306 e. The quantitative estimate of drug-likeness (QED) is 0.374. The van der Waals surface area contributed by atoms with E-state index in [0.29, 0.717) is 19.6 Å². The lowest BCUT2D eigenvalue weighted by Crippen LogP contribution is -2.09. The number of carbonyl (C=O) groups excluding carboxylic acids is 2. The monoisotopic (exact) mass is 318 g/mol. The molecule has 1 aromatic rings. The van der Waals surface area contributed by atoms with Gasteiger partial charge in [0.2, 0.25) is 0 Å². The summed E-state index contributed by atoms with van der Waals surface area (Å²) in [5.41, 5.74) is 2.35. The zero-order chi connectivity index (χ0) is 16.9. The Morgan fingerprint density at radius 1 is 0.957 bits per heavy atom. The van der Waals surface area contributed by atoms with Crippen LogP contribution in [0.4, 0.5) is 0 Å². The van der Waals surface area contributed by atoms with Crippen LogP contribution in [0.15, 0.2) is 42.0 Å². The van der Waals surface area contributed by atoms with Gasteiger partial charge in [-0.25, -0.2) is 0 Å². The molecular weight excluding hydrogens is 292 g/mol. The van der Waals surface area contributed by atoms with Gasteiger partial charge in [-0.1, -0.05) is 35.9 Å². The number of allylic oxidation sites excluding steroid dienone is 1. The van der Waals surface area contributed by atoms with Crippen LogP contribution in [-0.4, -0.2) is 25.2 Å². The SMILES string of the molecule is CC(C)=CCOC(=O)CCCC(=O)OCCCc1ccccc1. The third-order valence-corrected chi connectivity index (χ3v) is 3.21. The van der Waals surface area contributed by atoms with Gasteiger partial charge in [0.05, 0.1) is 6.61 Å². The second-order valence-corrected chi connectivity index (χ2v) is 5.63. The molecule has 0 amide bonds. The van der Waals surface area contributed by atoms with Crippen LogP contribution < -0.4 is 0 Å². The van der Waals surface area contributed by atoms with Crippen LogP contribution in [-0.2, 0) is 25.5 Å². The molecule has 0 unspecified atom stereocenters. The summed E-state index contributed by atoms with van der Waals surface area (Å²) in [7, 11) is 0. The Morgan fingerprint density at radius 2 is 1.61 bits per heavy atom. The topological polar surface area (TPSA) is 52.6 Å². The molecule has 0 saturated carbocycles. The van der Waals surface area contributed by atoms with E-state index in [4.69, 9.17) is 9.47 Å². The first-order chi connectivity index (χ1) is 11.1. The van der Waals surface area contributed by atoms with E-state index in [1.54, 1.807) is 0 Å². The highest BCUT2D eigenvalue weighted by molar-refractivity contribution is 5.72. The van der Waals surface area contributed by atoms with Crippen molar-refractivity contribution >= 4 is 11.9 Å². The molecule has 23 heavy (non-hydrogen) atoms. The van der Waals surface area contributed by atoms with Gasteiger partial charge >= 0.3 is 11.9 Å². The molecule has 0 aliphatic rings. The lowest BCUT2D eigenvalue weighted by molar-refractivity contribution is -0.145. The van der Waals surface area contributed by atoms with Crippen molar-refractivity contribution in [2.24, 2.45) is 0 Å². The molecule has 1 aromatic carbocycles. The summed E-state index contributed by atoms with van der Waals surface area (Å²) in [6, 6.07) is 10.1. The summed E-state index contributed by atoms with van der Waals surface area (Å²) in [4.78, 5) is 23.0. The van der Waals surface area contributed by atoms with Gasteiger partial charge in [-0.3, -0.25) is 9.59 Å². The number of esters is 2. The van der Waals surface area contributed by atoms with Crippen LogP contribution in [0.3, 0.4) is 0 Å². The summed E-state index contributed by atoms with van der Waals surface area (Å²) in [5.74, 6) is -0.533. The Balaban J connectivity index is 2.01. The first-order valence-corrected chi connectivity index (χ1v) is 8.06. The van der Waals surface area contributed by atoms with Crippen molar-refractivity contribution in [2.45, 2.75) is 46.0 Å². The van der Waals surface area contributed by atoms with Crippen molar-refractivity contribution in [3.63, 3.8) is 0 Å². The van der Waals surface area contributed by atoms with Crippen LogP contribution in [0.25, 0.3) is 0 Å². The number of aryl methyl sites for hydroxylation is 1. The van der Waals surface area contributed by atoms with E-state index in [9.17, 15) is 9.59 Å². The number of ether oxygens (including phenoxy) is 2. The zero-order valence-electron chi connectivity index (χ0n) is 14.0. The molecule has 4 heteroatoms. The molecule has 0 saturated heterocycles. The maximum Gasteiger partial charge on any atom is 0.306 e. The average Bonchev–Trinajstić information content (AvgIpc) is 2.52. The van der Waals surface area contributed by atoms with Gasteiger partial charge in [0.15, 0.2) is 0 Å². The van der Waals surface area contributed by atoms with Crippen molar-refractivity contribution in [3.8, 4) is 0 Å².